The molecule has 0 saturated heterocycles. The maximum Gasteiger partial charge on any atom is 0.294 e. The van der Waals surface area contributed by atoms with Gasteiger partial charge >= 0.3 is 0 Å². The van der Waals surface area contributed by atoms with Gasteiger partial charge in [0.05, 0.1) is 21.2 Å². The molecule has 12 nitrogen and oxygen atoms in total. The summed E-state index contributed by atoms with van der Waals surface area (Å²) in [6.45, 7) is 0. The van der Waals surface area contributed by atoms with E-state index in [1.54, 1.807) is 48.5 Å². The molecule has 0 atom stereocenters. The Bertz CT molecular complexity index is 1680. The Morgan fingerprint density at radius 3 is 1.43 bits per heavy atom. The Labute approximate surface area is 235 Å². The molecule has 0 amide bonds. The Hall–Kier alpha value is -4.41. The Balaban J connectivity index is 1.67. The van der Waals surface area contributed by atoms with Crippen LogP contribution in [0.5, 0.6) is 0 Å². The molecule has 2 aromatic heterocycles. The number of rotatable bonds is 8. The van der Waals surface area contributed by atoms with Crippen LogP contribution in [-0.4, -0.2) is 52.4 Å². The van der Waals surface area contributed by atoms with Crippen molar-refractivity contribution in [2.24, 2.45) is 10.2 Å². The fourth-order valence-electron chi connectivity index (χ4n) is 3.39. The van der Waals surface area contributed by atoms with Gasteiger partial charge in [-0.1, -0.05) is 36.4 Å². The quantitative estimate of drug-likeness (QED) is 0.101. The van der Waals surface area contributed by atoms with Crippen molar-refractivity contribution >= 4 is 49.0 Å². The third kappa shape index (κ3) is 7.37. The summed E-state index contributed by atoms with van der Waals surface area (Å²) < 4.78 is 65.5. The zero-order valence-corrected chi connectivity index (χ0v) is 22.7. The second-order valence-corrected chi connectivity index (χ2v) is 11.2. The third-order valence-corrected chi connectivity index (χ3v) is 7.05. The predicted molar refractivity (Wildman–Crippen MR) is 151 cm³/mol. The average Bonchev–Trinajstić information content (AvgIpc) is 2.94. The van der Waals surface area contributed by atoms with Crippen LogP contribution in [0.2, 0.25) is 0 Å². The molecule has 0 aliphatic heterocycles. The fourth-order valence-corrected chi connectivity index (χ4v) is 4.54. The first kappa shape index (κ1) is 28.6. The van der Waals surface area contributed by atoms with Crippen molar-refractivity contribution in [2.45, 2.75) is 9.79 Å². The van der Waals surface area contributed by atoms with Gasteiger partial charge in [-0.2, -0.15) is 27.0 Å². The van der Waals surface area contributed by atoms with Crippen LogP contribution in [-0.2, 0) is 20.2 Å². The van der Waals surface area contributed by atoms with E-state index in [1.807, 2.05) is 0 Å². The van der Waals surface area contributed by atoms with Gasteiger partial charge in [-0.05, 0) is 60.7 Å². The summed E-state index contributed by atoms with van der Waals surface area (Å²) in [5, 5.41) is 8.48. The molecule has 15 heteroatoms. The molecule has 0 bridgehead atoms. The van der Waals surface area contributed by atoms with Gasteiger partial charge < -0.3 is 0 Å². The highest BCUT2D eigenvalue weighted by Gasteiger charge is 2.16. The van der Waals surface area contributed by atoms with Gasteiger partial charge in [0.25, 0.3) is 20.2 Å². The number of hydrazone groups is 2. The number of nitrogens with one attached hydrogen (secondary N) is 2. The van der Waals surface area contributed by atoms with Crippen molar-refractivity contribution in [2.75, 3.05) is 0 Å². The number of thiocarbonyl (C=S) groups is 1. The normalized spacial score (nSPS) is 12.6. The minimum absolute atomic E-state index is 0.0845. The number of nitrogens with zero attached hydrogens (tertiary/aromatic N) is 4. The summed E-state index contributed by atoms with van der Waals surface area (Å²) >= 11 is 5.31. The van der Waals surface area contributed by atoms with Crippen LogP contribution in [0, 0.1) is 0 Å². The number of aromatic nitrogens is 2. The van der Waals surface area contributed by atoms with Crippen LogP contribution >= 0.6 is 12.2 Å². The van der Waals surface area contributed by atoms with Crippen LogP contribution in [0.3, 0.4) is 0 Å². The third-order valence-electron chi connectivity index (χ3n) is 5.16. The first-order chi connectivity index (χ1) is 19.0. The molecule has 4 rings (SSSR count). The smallest absolute Gasteiger partial charge is 0.282 e. The molecule has 0 radical (unpaired) electrons. The van der Waals surface area contributed by atoms with E-state index in [-0.39, 0.29) is 26.3 Å². The van der Waals surface area contributed by atoms with E-state index in [0.717, 1.165) is 0 Å². The maximum absolute atomic E-state index is 11.7. The molecule has 0 aliphatic carbocycles. The molecular formula is C25H20N6O6S3. The molecule has 204 valence electrons. The summed E-state index contributed by atoms with van der Waals surface area (Å²) in [5.74, 6) is 0. The van der Waals surface area contributed by atoms with Crippen molar-refractivity contribution in [1.29, 1.82) is 0 Å². The summed E-state index contributed by atoms with van der Waals surface area (Å²) in [6.07, 6.45) is 3.05. The standard InChI is InChI=1S/C25H20N6O6S3/c32-39(33,34)19-9-5-7-17(15-19)23(21-11-1-3-13-26-21)28-30-25(38)31-29-24(22-12-2-4-14-27-22)18-8-6-10-20(16-18)40(35,36)37/h1-16H,(H2,30,31,38)(H,32,33,34)(H,35,36,37)/b28-23-,29-24-. The number of hydrogen-bond donors (Lipinski definition) is 4. The largest absolute Gasteiger partial charge is 0.294 e. The minimum atomic E-state index is -4.47. The SMILES string of the molecule is O=S(=O)(O)c1cccc(/C(=N/NC(=S)N/N=C(/c2cccc(S(=O)(=O)O)c2)c2ccccn2)c2ccccn2)c1. The average molecular weight is 597 g/mol. The summed E-state index contributed by atoms with van der Waals surface area (Å²) in [7, 11) is -8.93. The van der Waals surface area contributed by atoms with Crippen LogP contribution in [0.4, 0.5) is 0 Å². The topological polar surface area (TPSA) is 183 Å². The summed E-state index contributed by atoms with van der Waals surface area (Å²) in [5.41, 5.74) is 7.08. The lowest BCUT2D eigenvalue weighted by Crippen LogP contribution is -2.30. The van der Waals surface area contributed by atoms with Crippen molar-refractivity contribution in [1.82, 2.24) is 20.8 Å². The highest BCUT2D eigenvalue weighted by Crippen LogP contribution is 2.16. The molecule has 2 aromatic carbocycles. The Kier molecular flexibility index (Phi) is 8.71. The van der Waals surface area contributed by atoms with Crippen LogP contribution in [0.15, 0.2) is 117 Å². The second kappa shape index (κ2) is 12.2. The molecule has 0 aliphatic rings. The Morgan fingerprint density at radius 2 is 1.07 bits per heavy atom. The number of hydrogen-bond acceptors (Lipinski definition) is 9. The predicted octanol–water partition coefficient (Wildman–Crippen LogP) is 2.64. The van der Waals surface area contributed by atoms with Crippen LogP contribution in [0.1, 0.15) is 22.5 Å². The van der Waals surface area contributed by atoms with Crippen molar-refractivity contribution < 1.29 is 25.9 Å². The number of benzene rings is 2. The van der Waals surface area contributed by atoms with E-state index in [4.69, 9.17) is 12.2 Å². The van der Waals surface area contributed by atoms with Gasteiger partial charge in [0, 0.05) is 23.5 Å². The zero-order valence-electron chi connectivity index (χ0n) is 20.3. The maximum atomic E-state index is 11.7. The molecule has 0 fully saturated rings. The summed E-state index contributed by atoms with van der Waals surface area (Å²) in [4.78, 5) is 7.85. The molecule has 0 unspecified atom stereocenters. The monoisotopic (exact) mass is 596 g/mol. The lowest BCUT2D eigenvalue weighted by Gasteiger charge is -2.11. The minimum Gasteiger partial charge on any atom is -0.282 e. The molecule has 40 heavy (non-hydrogen) atoms. The fraction of sp³-hybridized carbons (Fsp3) is 0. The van der Waals surface area contributed by atoms with Crippen LogP contribution in [0.25, 0.3) is 0 Å². The summed E-state index contributed by atoms with van der Waals surface area (Å²) in [6, 6.07) is 21.1. The lowest BCUT2D eigenvalue weighted by atomic mass is 10.1. The second-order valence-electron chi connectivity index (χ2n) is 7.91. The van der Waals surface area contributed by atoms with Crippen molar-refractivity contribution in [3.8, 4) is 0 Å². The molecule has 4 N–H and O–H groups in total. The van der Waals surface area contributed by atoms with Gasteiger partial charge in [0.1, 0.15) is 11.4 Å². The lowest BCUT2D eigenvalue weighted by molar-refractivity contribution is 0.481. The molecule has 0 saturated carbocycles. The first-order valence-corrected chi connectivity index (χ1v) is 14.5. The van der Waals surface area contributed by atoms with E-state index in [9.17, 15) is 25.9 Å². The van der Waals surface area contributed by atoms with Crippen molar-refractivity contribution in [3.05, 3.63) is 120 Å². The van der Waals surface area contributed by atoms with Crippen molar-refractivity contribution in [3.63, 3.8) is 0 Å². The van der Waals surface area contributed by atoms with Gasteiger partial charge in [-0.3, -0.25) is 29.9 Å². The van der Waals surface area contributed by atoms with Gasteiger partial charge in [0.15, 0.2) is 0 Å². The van der Waals surface area contributed by atoms with Gasteiger partial charge in [-0.25, -0.2) is 0 Å². The highest BCUT2D eigenvalue weighted by molar-refractivity contribution is 7.86. The molecular weight excluding hydrogens is 577 g/mol. The molecule has 4 aromatic rings. The van der Waals surface area contributed by atoms with E-state index >= 15 is 0 Å². The highest BCUT2D eigenvalue weighted by atomic mass is 32.2. The first-order valence-electron chi connectivity index (χ1n) is 11.2. The van der Waals surface area contributed by atoms with E-state index in [0.29, 0.717) is 22.5 Å². The van der Waals surface area contributed by atoms with Crippen LogP contribution < -0.4 is 10.9 Å². The van der Waals surface area contributed by atoms with Gasteiger partial charge in [-0.15, -0.1) is 0 Å². The van der Waals surface area contributed by atoms with E-state index in [1.165, 1.54) is 48.8 Å². The zero-order chi connectivity index (χ0) is 28.8. The van der Waals surface area contributed by atoms with E-state index < -0.39 is 20.2 Å². The Morgan fingerprint density at radius 1 is 0.650 bits per heavy atom. The molecule has 0 spiro atoms. The van der Waals surface area contributed by atoms with E-state index in [2.05, 4.69) is 31.0 Å². The van der Waals surface area contributed by atoms with Gasteiger partial charge in [0.2, 0.25) is 5.11 Å². The number of pyridine rings is 2. The molecule has 2 heterocycles.